The van der Waals surface area contributed by atoms with Crippen LogP contribution in [-0.2, 0) is 13.5 Å². The molecule has 14 heavy (non-hydrogen) atoms. The zero-order chi connectivity index (χ0) is 10.3. The van der Waals surface area contributed by atoms with Crippen LogP contribution in [-0.4, -0.2) is 30.2 Å². The summed E-state index contributed by atoms with van der Waals surface area (Å²) in [6, 6.07) is 0. The van der Waals surface area contributed by atoms with Crippen LogP contribution in [0.15, 0.2) is 6.20 Å². The molecule has 0 aliphatic rings. The number of hydrogen-bond donors (Lipinski definition) is 1. The van der Waals surface area contributed by atoms with Crippen molar-refractivity contribution in [2.45, 2.75) is 13.3 Å². The Morgan fingerprint density at radius 2 is 2.36 bits per heavy atom. The molecule has 0 radical (unpaired) electrons. The van der Waals surface area contributed by atoms with E-state index >= 15 is 0 Å². The van der Waals surface area contributed by atoms with Crippen molar-refractivity contribution in [3.63, 3.8) is 0 Å². The van der Waals surface area contributed by atoms with Crippen molar-refractivity contribution >= 4 is 11.7 Å². The number of carboxylic acid groups (broad SMARTS) is 1. The van der Waals surface area contributed by atoms with E-state index in [9.17, 15) is 4.79 Å². The van der Waals surface area contributed by atoms with Crippen LogP contribution in [0.5, 0.6) is 0 Å². The predicted molar refractivity (Wildman–Crippen MR) is 48.3 cm³/mol. The van der Waals surface area contributed by atoms with E-state index < -0.39 is 5.97 Å². The molecule has 0 spiro atoms. The number of rotatable bonds is 2. The first-order chi connectivity index (χ1) is 6.65. The van der Waals surface area contributed by atoms with Gasteiger partial charge in [-0.15, -0.1) is 0 Å². The van der Waals surface area contributed by atoms with E-state index in [2.05, 4.69) is 10.1 Å². The van der Waals surface area contributed by atoms with Crippen LogP contribution in [0.2, 0.25) is 0 Å². The molecule has 0 aliphatic heterocycles. The van der Waals surface area contributed by atoms with Crippen LogP contribution in [0, 0.1) is 0 Å². The van der Waals surface area contributed by atoms with E-state index in [4.69, 9.17) is 5.11 Å². The van der Waals surface area contributed by atoms with Crippen molar-refractivity contribution in [3.05, 3.63) is 17.7 Å². The SMILES string of the molecule is CCc1nn2c(C(=O)O)cnc2n1C. The van der Waals surface area contributed by atoms with E-state index in [1.165, 1.54) is 10.7 Å². The van der Waals surface area contributed by atoms with Crippen molar-refractivity contribution in [1.29, 1.82) is 0 Å². The highest BCUT2D eigenvalue weighted by molar-refractivity contribution is 5.86. The summed E-state index contributed by atoms with van der Waals surface area (Å²) in [7, 11) is 1.82. The number of carbonyl (C=O) groups is 1. The molecular formula is C8H10N4O2. The van der Waals surface area contributed by atoms with E-state index in [0.29, 0.717) is 5.78 Å². The molecular weight excluding hydrogens is 184 g/mol. The summed E-state index contributed by atoms with van der Waals surface area (Å²) in [5, 5.41) is 13.0. The van der Waals surface area contributed by atoms with Crippen LogP contribution in [0.1, 0.15) is 23.2 Å². The van der Waals surface area contributed by atoms with Gasteiger partial charge in [0.25, 0.3) is 0 Å². The van der Waals surface area contributed by atoms with Gasteiger partial charge >= 0.3 is 5.97 Å². The maximum Gasteiger partial charge on any atom is 0.356 e. The molecule has 0 amide bonds. The van der Waals surface area contributed by atoms with E-state index in [1.54, 1.807) is 4.57 Å². The fourth-order valence-electron chi connectivity index (χ4n) is 1.41. The smallest absolute Gasteiger partial charge is 0.356 e. The lowest BCUT2D eigenvalue weighted by Crippen LogP contribution is -2.02. The monoisotopic (exact) mass is 194 g/mol. The molecule has 2 heterocycles. The number of nitrogens with zero attached hydrogens (tertiary/aromatic N) is 4. The number of aromatic nitrogens is 4. The summed E-state index contributed by atoms with van der Waals surface area (Å²) in [6.45, 7) is 1.96. The number of imidazole rings is 1. The number of aromatic carboxylic acids is 1. The van der Waals surface area contributed by atoms with E-state index in [1.807, 2.05) is 14.0 Å². The molecule has 74 valence electrons. The van der Waals surface area contributed by atoms with Gasteiger partial charge in [0.2, 0.25) is 5.78 Å². The Morgan fingerprint density at radius 1 is 1.64 bits per heavy atom. The summed E-state index contributed by atoms with van der Waals surface area (Å²) < 4.78 is 3.13. The molecule has 0 atom stereocenters. The van der Waals surface area contributed by atoms with Gasteiger partial charge in [0.1, 0.15) is 5.82 Å². The lowest BCUT2D eigenvalue weighted by atomic mass is 10.5. The Kier molecular flexibility index (Phi) is 1.77. The minimum absolute atomic E-state index is 0.0929. The quantitative estimate of drug-likeness (QED) is 0.747. The molecule has 6 nitrogen and oxygen atoms in total. The lowest BCUT2D eigenvalue weighted by Gasteiger charge is -1.92. The highest BCUT2D eigenvalue weighted by Gasteiger charge is 2.15. The Hall–Kier alpha value is -1.85. The van der Waals surface area contributed by atoms with Gasteiger partial charge in [0.15, 0.2) is 5.69 Å². The zero-order valence-corrected chi connectivity index (χ0v) is 7.93. The molecule has 0 fully saturated rings. The van der Waals surface area contributed by atoms with Crippen LogP contribution in [0.4, 0.5) is 0 Å². The minimum atomic E-state index is -1.02. The van der Waals surface area contributed by atoms with Gasteiger partial charge in [0.05, 0.1) is 6.20 Å². The lowest BCUT2D eigenvalue weighted by molar-refractivity contribution is 0.0688. The fraction of sp³-hybridized carbons (Fsp3) is 0.375. The second-order valence-electron chi connectivity index (χ2n) is 2.99. The number of aryl methyl sites for hydroxylation is 2. The van der Waals surface area contributed by atoms with Gasteiger partial charge in [-0.3, -0.25) is 0 Å². The Labute approximate surface area is 79.8 Å². The third-order valence-corrected chi connectivity index (χ3v) is 2.16. The Balaban J connectivity index is 2.74. The molecule has 0 unspecified atom stereocenters. The van der Waals surface area contributed by atoms with Gasteiger partial charge in [-0.25, -0.2) is 9.78 Å². The number of hydrogen-bond acceptors (Lipinski definition) is 3. The van der Waals surface area contributed by atoms with Crippen molar-refractivity contribution < 1.29 is 9.90 Å². The normalized spacial score (nSPS) is 11.0. The number of fused-ring (bicyclic) bond motifs is 1. The largest absolute Gasteiger partial charge is 0.476 e. The molecule has 6 heteroatoms. The van der Waals surface area contributed by atoms with Crippen LogP contribution in [0.25, 0.3) is 5.78 Å². The van der Waals surface area contributed by atoms with Gasteiger partial charge in [-0.1, -0.05) is 6.92 Å². The Bertz CT molecular complexity index is 497. The van der Waals surface area contributed by atoms with Gasteiger partial charge in [-0.05, 0) is 0 Å². The minimum Gasteiger partial charge on any atom is -0.476 e. The van der Waals surface area contributed by atoms with Crippen LogP contribution in [0.3, 0.4) is 0 Å². The summed E-state index contributed by atoms with van der Waals surface area (Å²) >= 11 is 0. The summed E-state index contributed by atoms with van der Waals surface area (Å²) in [4.78, 5) is 14.8. The third kappa shape index (κ3) is 1.00. The van der Waals surface area contributed by atoms with Crippen molar-refractivity contribution in [2.24, 2.45) is 7.05 Å². The molecule has 0 saturated carbocycles. The zero-order valence-electron chi connectivity index (χ0n) is 7.93. The first-order valence-corrected chi connectivity index (χ1v) is 4.27. The van der Waals surface area contributed by atoms with Crippen molar-refractivity contribution in [1.82, 2.24) is 19.2 Å². The predicted octanol–water partition coefficient (Wildman–Crippen LogP) is 0.328. The molecule has 0 aromatic carbocycles. The molecule has 0 aliphatic carbocycles. The highest BCUT2D eigenvalue weighted by atomic mass is 16.4. The third-order valence-electron chi connectivity index (χ3n) is 2.16. The van der Waals surface area contributed by atoms with Gasteiger partial charge in [-0.2, -0.15) is 9.61 Å². The maximum absolute atomic E-state index is 10.8. The molecule has 0 saturated heterocycles. The van der Waals surface area contributed by atoms with Crippen molar-refractivity contribution in [2.75, 3.05) is 0 Å². The Morgan fingerprint density at radius 3 is 2.93 bits per heavy atom. The second-order valence-corrected chi connectivity index (χ2v) is 2.99. The summed E-state index contributed by atoms with van der Waals surface area (Å²) in [5.74, 6) is 0.355. The number of carboxylic acids is 1. The first kappa shape index (κ1) is 8.74. The average Bonchev–Trinajstić information content (AvgIpc) is 2.66. The van der Waals surface area contributed by atoms with E-state index in [0.717, 1.165) is 12.2 Å². The summed E-state index contributed by atoms with van der Waals surface area (Å²) in [5.41, 5.74) is 0.0929. The van der Waals surface area contributed by atoms with E-state index in [-0.39, 0.29) is 5.69 Å². The highest BCUT2D eigenvalue weighted by Crippen LogP contribution is 2.08. The molecule has 2 aromatic rings. The van der Waals surface area contributed by atoms with Crippen molar-refractivity contribution in [3.8, 4) is 0 Å². The standard InChI is InChI=1S/C8H10N4O2/c1-3-6-10-12-5(7(13)14)4-9-8(12)11(6)2/h4H,3H2,1-2H3,(H,13,14). The molecule has 0 bridgehead atoms. The van der Waals surface area contributed by atoms with Crippen LogP contribution < -0.4 is 0 Å². The summed E-state index contributed by atoms with van der Waals surface area (Å²) in [6.07, 6.45) is 2.06. The van der Waals surface area contributed by atoms with Crippen LogP contribution >= 0.6 is 0 Å². The molecule has 1 N–H and O–H groups in total. The molecule has 2 aromatic heterocycles. The second kappa shape index (κ2) is 2.83. The molecule has 2 rings (SSSR count). The fourth-order valence-corrected chi connectivity index (χ4v) is 1.41. The average molecular weight is 194 g/mol. The van der Waals surface area contributed by atoms with Gasteiger partial charge < -0.3 is 9.67 Å². The topological polar surface area (TPSA) is 72.4 Å². The van der Waals surface area contributed by atoms with Gasteiger partial charge in [0, 0.05) is 13.5 Å². The first-order valence-electron chi connectivity index (χ1n) is 4.27. The maximum atomic E-state index is 10.8.